The molecule has 2 rings (SSSR count). The highest BCUT2D eigenvalue weighted by Crippen LogP contribution is 2.17. The van der Waals surface area contributed by atoms with Crippen LogP contribution in [0.25, 0.3) is 0 Å². The number of aryl methyl sites for hydroxylation is 1. The lowest BCUT2D eigenvalue weighted by molar-refractivity contribution is 0.0948. The van der Waals surface area contributed by atoms with Crippen molar-refractivity contribution in [1.29, 1.82) is 0 Å². The van der Waals surface area contributed by atoms with Gasteiger partial charge in [-0.1, -0.05) is 0 Å². The average Bonchev–Trinajstić information content (AvgIpc) is 2.67. The molecule has 5 nitrogen and oxygen atoms in total. The van der Waals surface area contributed by atoms with E-state index >= 15 is 0 Å². The third-order valence-electron chi connectivity index (χ3n) is 3.05. The molecular weight excluding hydrogens is 252 g/mol. The first-order chi connectivity index (χ1) is 8.46. The molecule has 1 fully saturated rings. The van der Waals surface area contributed by atoms with Gasteiger partial charge < -0.3 is 5.32 Å². The number of aromatic nitrogens is 1. The van der Waals surface area contributed by atoms with E-state index in [9.17, 15) is 13.2 Å². The molecule has 1 aliphatic heterocycles. The number of nitrogens with zero attached hydrogens (tertiary/aromatic N) is 1. The molecule has 18 heavy (non-hydrogen) atoms. The lowest BCUT2D eigenvalue weighted by Crippen LogP contribution is -2.29. The van der Waals surface area contributed by atoms with Crippen molar-refractivity contribution in [3.8, 4) is 0 Å². The van der Waals surface area contributed by atoms with Crippen LogP contribution >= 0.6 is 0 Å². The lowest BCUT2D eigenvalue weighted by Gasteiger charge is -2.09. The van der Waals surface area contributed by atoms with Crippen LogP contribution in [0, 0.1) is 12.8 Å². The molecule has 6 heteroatoms. The van der Waals surface area contributed by atoms with Gasteiger partial charge in [0, 0.05) is 18.4 Å². The summed E-state index contributed by atoms with van der Waals surface area (Å²) in [5, 5.41) is 2.75. The highest BCUT2D eigenvalue weighted by Gasteiger charge is 2.27. The first kappa shape index (κ1) is 13.0. The highest BCUT2D eigenvalue weighted by molar-refractivity contribution is 7.91. The molecule has 0 radical (unpaired) electrons. The Bertz CT molecular complexity index is 537. The van der Waals surface area contributed by atoms with E-state index in [1.54, 1.807) is 12.1 Å². The molecule has 0 unspecified atom stereocenters. The Hall–Kier alpha value is -1.43. The smallest absolute Gasteiger partial charge is 0.252 e. The van der Waals surface area contributed by atoms with Crippen molar-refractivity contribution in [3.05, 3.63) is 29.6 Å². The summed E-state index contributed by atoms with van der Waals surface area (Å²) in [5.74, 6) is 0.253. The van der Waals surface area contributed by atoms with Crippen LogP contribution in [0.5, 0.6) is 0 Å². The minimum atomic E-state index is -2.88. The minimum absolute atomic E-state index is 0.0392. The van der Waals surface area contributed by atoms with E-state index in [0.717, 1.165) is 5.69 Å². The standard InChI is InChI=1S/C12H16N2O3S/c1-9-2-3-11(7-13-9)12(15)14-6-10-4-5-18(16,17)8-10/h2-3,7,10H,4-6,8H2,1H3,(H,14,15)/t10-/m0/s1. The largest absolute Gasteiger partial charge is 0.352 e. The van der Waals surface area contributed by atoms with Crippen LogP contribution in [0.15, 0.2) is 18.3 Å². The molecule has 1 aromatic rings. The molecule has 1 saturated heterocycles. The molecule has 1 amide bonds. The Balaban J connectivity index is 1.87. The summed E-state index contributed by atoms with van der Waals surface area (Å²) in [6, 6.07) is 3.48. The molecule has 98 valence electrons. The summed E-state index contributed by atoms with van der Waals surface area (Å²) >= 11 is 0. The van der Waals surface area contributed by atoms with Gasteiger partial charge in [-0.25, -0.2) is 8.42 Å². The van der Waals surface area contributed by atoms with Gasteiger partial charge in [0.05, 0.1) is 17.1 Å². The van der Waals surface area contributed by atoms with E-state index in [-0.39, 0.29) is 23.3 Å². The normalized spacial score (nSPS) is 21.7. The SMILES string of the molecule is Cc1ccc(C(=O)NC[C@@H]2CCS(=O)(=O)C2)cn1. The number of pyridine rings is 1. The van der Waals surface area contributed by atoms with Crippen LogP contribution in [-0.2, 0) is 9.84 Å². The molecule has 0 aliphatic carbocycles. The maximum Gasteiger partial charge on any atom is 0.252 e. The Morgan fingerprint density at radius 3 is 2.83 bits per heavy atom. The fourth-order valence-corrected chi connectivity index (χ4v) is 3.84. The van der Waals surface area contributed by atoms with Crippen LogP contribution in [-0.4, -0.2) is 37.4 Å². The predicted molar refractivity (Wildman–Crippen MR) is 68.1 cm³/mol. The molecule has 1 atom stereocenters. The molecule has 0 saturated carbocycles. The van der Waals surface area contributed by atoms with Crippen molar-refractivity contribution < 1.29 is 13.2 Å². The van der Waals surface area contributed by atoms with Gasteiger partial charge >= 0.3 is 0 Å². The van der Waals surface area contributed by atoms with E-state index in [4.69, 9.17) is 0 Å². The zero-order chi connectivity index (χ0) is 13.2. The Morgan fingerprint density at radius 2 is 2.28 bits per heavy atom. The van der Waals surface area contributed by atoms with Crippen molar-refractivity contribution in [1.82, 2.24) is 10.3 Å². The fraction of sp³-hybridized carbons (Fsp3) is 0.500. The van der Waals surface area contributed by atoms with Crippen LogP contribution < -0.4 is 5.32 Å². The van der Waals surface area contributed by atoms with Gasteiger partial charge in [-0.3, -0.25) is 9.78 Å². The van der Waals surface area contributed by atoms with E-state index < -0.39 is 9.84 Å². The molecule has 0 aromatic carbocycles. The second-order valence-electron chi connectivity index (χ2n) is 4.67. The van der Waals surface area contributed by atoms with Crippen molar-refractivity contribution in [2.75, 3.05) is 18.1 Å². The summed E-state index contributed by atoms with van der Waals surface area (Å²) in [6.45, 7) is 2.26. The van der Waals surface area contributed by atoms with Crippen LogP contribution in [0.2, 0.25) is 0 Å². The van der Waals surface area contributed by atoms with E-state index in [2.05, 4.69) is 10.3 Å². The Morgan fingerprint density at radius 1 is 1.50 bits per heavy atom. The summed E-state index contributed by atoms with van der Waals surface area (Å²) in [5.41, 5.74) is 1.36. The quantitative estimate of drug-likeness (QED) is 0.868. The molecule has 0 spiro atoms. The predicted octanol–water partition coefficient (Wildman–Crippen LogP) is 0.555. The molecular formula is C12H16N2O3S. The number of sulfone groups is 1. The summed E-state index contributed by atoms with van der Waals surface area (Å²) in [6.07, 6.45) is 2.16. The van der Waals surface area contributed by atoms with Crippen LogP contribution in [0.4, 0.5) is 0 Å². The van der Waals surface area contributed by atoms with Gasteiger partial charge in [-0.05, 0) is 31.4 Å². The monoisotopic (exact) mass is 268 g/mol. The molecule has 1 N–H and O–H groups in total. The number of nitrogens with one attached hydrogen (secondary N) is 1. The van der Waals surface area contributed by atoms with Gasteiger partial charge in [0.25, 0.3) is 5.91 Å². The fourth-order valence-electron chi connectivity index (χ4n) is 1.97. The minimum Gasteiger partial charge on any atom is -0.352 e. The van der Waals surface area contributed by atoms with Crippen molar-refractivity contribution >= 4 is 15.7 Å². The average molecular weight is 268 g/mol. The maximum atomic E-state index is 11.8. The first-order valence-corrected chi connectivity index (χ1v) is 7.70. The van der Waals surface area contributed by atoms with Gasteiger partial charge in [0.1, 0.15) is 0 Å². The van der Waals surface area contributed by atoms with Crippen molar-refractivity contribution in [2.24, 2.45) is 5.92 Å². The topological polar surface area (TPSA) is 76.1 Å². The summed E-state index contributed by atoms with van der Waals surface area (Å²) < 4.78 is 22.5. The summed E-state index contributed by atoms with van der Waals surface area (Å²) in [7, 11) is -2.88. The van der Waals surface area contributed by atoms with Crippen molar-refractivity contribution in [2.45, 2.75) is 13.3 Å². The van der Waals surface area contributed by atoms with Gasteiger partial charge in [0.15, 0.2) is 9.84 Å². The second kappa shape index (κ2) is 5.06. The Kier molecular flexibility index (Phi) is 3.65. The molecule has 2 heterocycles. The van der Waals surface area contributed by atoms with Gasteiger partial charge in [0.2, 0.25) is 0 Å². The first-order valence-electron chi connectivity index (χ1n) is 5.87. The second-order valence-corrected chi connectivity index (χ2v) is 6.90. The molecule has 1 aromatic heterocycles. The number of hydrogen-bond donors (Lipinski definition) is 1. The zero-order valence-corrected chi connectivity index (χ0v) is 11.0. The number of amides is 1. The van der Waals surface area contributed by atoms with Gasteiger partial charge in [-0.15, -0.1) is 0 Å². The van der Waals surface area contributed by atoms with Gasteiger partial charge in [-0.2, -0.15) is 0 Å². The number of rotatable bonds is 3. The summed E-state index contributed by atoms with van der Waals surface area (Å²) in [4.78, 5) is 15.8. The van der Waals surface area contributed by atoms with E-state index in [1.807, 2.05) is 6.92 Å². The maximum absolute atomic E-state index is 11.8. The highest BCUT2D eigenvalue weighted by atomic mass is 32.2. The third-order valence-corrected chi connectivity index (χ3v) is 4.89. The molecule has 1 aliphatic rings. The third kappa shape index (κ3) is 3.29. The van der Waals surface area contributed by atoms with Crippen LogP contribution in [0.1, 0.15) is 22.5 Å². The number of carbonyl (C=O) groups excluding carboxylic acids is 1. The number of hydrogen-bond acceptors (Lipinski definition) is 4. The number of carbonyl (C=O) groups is 1. The lowest BCUT2D eigenvalue weighted by atomic mass is 10.1. The molecule has 0 bridgehead atoms. The zero-order valence-electron chi connectivity index (χ0n) is 10.2. The van der Waals surface area contributed by atoms with Crippen molar-refractivity contribution in [3.63, 3.8) is 0 Å². The van der Waals surface area contributed by atoms with Crippen LogP contribution in [0.3, 0.4) is 0 Å². The Labute approximate surface area is 107 Å². The van der Waals surface area contributed by atoms with E-state index in [0.29, 0.717) is 18.5 Å². The van der Waals surface area contributed by atoms with E-state index in [1.165, 1.54) is 6.20 Å².